The Kier molecular flexibility index (Phi) is 3.11. The van der Waals surface area contributed by atoms with Gasteiger partial charge in [-0.1, -0.05) is 5.11 Å². The highest BCUT2D eigenvalue weighted by molar-refractivity contribution is 9.10. The summed E-state index contributed by atoms with van der Waals surface area (Å²) < 4.78 is 18.1. The molecule has 0 radical (unpaired) electrons. The van der Waals surface area contributed by atoms with Crippen molar-refractivity contribution in [1.82, 2.24) is 0 Å². The topological polar surface area (TPSA) is 58.0 Å². The van der Waals surface area contributed by atoms with Crippen molar-refractivity contribution < 1.29 is 9.13 Å². The Labute approximate surface area is 82.1 Å². The monoisotopic (exact) mass is 245 g/mol. The van der Waals surface area contributed by atoms with Gasteiger partial charge >= 0.3 is 0 Å². The van der Waals surface area contributed by atoms with E-state index in [-0.39, 0.29) is 5.69 Å². The van der Waals surface area contributed by atoms with Gasteiger partial charge in [0.15, 0.2) is 0 Å². The van der Waals surface area contributed by atoms with Gasteiger partial charge in [-0.05, 0) is 33.6 Å². The molecule has 0 saturated heterocycles. The predicted octanol–water partition coefficient (Wildman–Crippen LogP) is 3.54. The van der Waals surface area contributed by atoms with E-state index < -0.39 is 5.82 Å². The van der Waals surface area contributed by atoms with E-state index in [0.29, 0.717) is 10.2 Å². The summed E-state index contributed by atoms with van der Waals surface area (Å²) in [7, 11) is 1.41. The molecule has 0 saturated carbocycles. The first-order valence-electron chi connectivity index (χ1n) is 3.27. The molecule has 68 valence electrons. The van der Waals surface area contributed by atoms with E-state index in [0.717, 1.165) is 6.07 Å². The van der Waals surface area contributed by atoms with E-state index in [1.165, 1.54) is 13.2 Å². The van der Waals surface area contributed by atoms with Crippen molar-refractivity contribution in [2.75, 3.05) is 7.11 Å². The zero-order valence-corrected chi connectivity index (χ0v) is 8.25. The number of hydrogen-bond donors (Lipinski definition) is 0. The molecule has 0 bridgehead atoms. The van der Waals surface area contributed by atoms with Gasteiger partial charge in [0.1, 0.15) is 11.6 Å². The Morgan fingerprint density at radius 2 is 2.31 bits per heavy atom. The molecule has 4 nitrogen and oxygen atoms in total. The first-order chi connectivity index (χ1) is 6.19. The summed E-state index contributed by atoms with van der Waals surface area (Å²) in [6, 6.07) is 2.33. The minimum atomic E-state index is -0.491. The van der Waals surface area contributed by atoms with Crippen molar-refractivity contribution in [3.8, 4) is 5.75 Å². The van der Waals surface area contributed by atoms with Gasteiger partial charge in [-0.25, -0.2) is 4.39 Å². The molecule has 1 aromatic rings. The Balaban J connectivity index is 3.37. The summed E-state index contributed by atoms with van der Waals surface area (Å²) >= 11 is 3.08. The first kappa shape index (κ1) is 9.83. The van der Waals surface area contributed by atoms with Gasteiger partial charge in [0.25, 0.3) is 0 Å². The average molecular weight is 246 g/mol. The molecule has 0 fully saturated rings. The lowest BCUT2D eigenvalue weighted by atomic mass is 10.3. The van der Waals surface area contributed by atoms with Gasteiger partial charge in [-0.3, -0.25) is 0 Å². The molecule has 0 atom stereocenters. The van der Waals surface area contributed by atoms with Crippen molar-refractivity contribution in [3.63, 3.8) is 0 Å². The Morgan fingerprint density at radius 1 is 1.62 bits per heavy atom. The normalized spacial score (nSPS) is 9.15. The highest BCUT2D eigenvalue weighted by Gasteiger charge is 2.07. The minimum Gasteiger partial charge on any atom is -0.495 e. The molecule has 0 aromatic heterocycles. The third-order valence-electron chi connectivity index (χ3n) is 1.35. The van der Waals surface area contributed by atoms with Gasteiger partial charge in [0, 0.05) is 4.91 Å². The van der Waals surface area contributed by atoms with Crippen LogP contribution in [0.4, 0.5) is 10.1 Å². The summed E-state index contributed by atoms with van der Waals surface area (Å²) in [5.74, 6) is -0.172. The van der Waals surface area contributed by atoms with E-state index in [4.69, 9.17) is 10.3 Å². The Bertz CT molecular complexity index is 376. The van der Waals surface area contributed by atoms with Crippen LogP contribution in [0.5, 0.6) is 5.75 Å². The SMILES string of the molecule is COc1c(Br)cc(F)cc1N=[N+]=[N-]. The lowest BCUT2D eigenvalue weighted by molar-refractivity contribution is 0.412. The molecule has 0 N–H and O–H groups in total. The summed E-state index contributed by atoms with van der Waals surface area (Å²) in [5.41, 5.74) is 8.31. The van der Waals surface area contributed by atoms with Crippen LogP contribution >= 0.6 is 15.9 Å². The third kappa shape index (κ3) is 2.11. The van der Waals surface area contributed by atoms with Gasteiger partial charge in [-0.2, -0.15) is 0 Å². The molecule has 0 spiro atoms. The van der Waals surface area contributed by atoms with Gasteiger partial charge in [-0.15, -0.1) is 0 Å². The number of hydrogen-bond acceptors (Lipinski definition) is 2. The van der Waals surface area contributed by atoms with Crippen molar-refractivity contribution in [1.29, 1.82) is 0 Å². The lowest BCUT2D eigenvalue weighted by Crippen LogP contribution is -1.86. The molecule has 0 aliphatic rings. The first-order valence-corrected chi connectivity index (χ1v) is 4.06. The number of rotatable bonds is 2. The fourth-order valence-electron chi connectivity index (χ4n) is 0.871. The zero-order valence-electron chi connectivity index (χ0n) is 6.66. The lowest BCUT2D eigenvalue weighted by Gasteiger charge is -2.05. The van der Waals surface area contributed by atoms with Crippen LogP contribution in [0.25, 0.3) is 10.4 Å². The summed E-state index contributed by atoms with van der Waals surface area (Å²) in [4.78, 5) is 2.55. The largest absolute Gasteiger partial charge is 0.495 e. The fourth-order valence-corrected chi connectivity index (χ4v) is 1.45. The number of azide groups is 1. The summed E-state index contributed by atoms with van der Waals surface area (Å²) in [6.45, 7) is 0. The molecule has 0 unspecified atom stereocenters. The summed E-state index contributed by atoms with van der Waals surface area (Å²) in [5, 5.41) is 3.28. The Morgan fingerprint density at radius 3 is 2.85 bits per heavy atom. The van der Waals surface area contributed by atoms with E-state index >= 15 is 0 Å². The van der Waals surface area contributed by atoms with Crippen LogP contribution in [0.3, 0.4) is 0 Å². The van der Waals surface area contributed by atoms with Gasteiger partial charge in [0.2, 0.25) is 0 Å². The summed E-state index contributed by atoms with van der Waals surface area (Å²) in [6.07, 6.45) is 0. The molecule has 1 aromatic carbocycles. The highest BCUT2D eigenvalue weighted by Crippen LogP contribution is 2.36. The van der Waals surface area contributed by atoms with Crippen LogP contribution in [-0.2, 0) is 0 Å². The van der Waals surface area contributed by atoms with Crippen molar-refractivity contribution in [2.45, 2.75) is 0 Å². The maximum atomic E-state index is 12.8. The van der Waals surface area contributed by atoms with Crippen LogP contribution < -0.4 is 4.74 Å². The molecule has 0 aliphatic heterocycles. The minimum absolute atomic E-state index is 0.122. The van der Waals surface area contributed by atoms with Crippen LogP contribution in [0.2, 0.25) is 0 Å². The maximum Gasteiger partial charge on any atom is 0.142 e. The second kappa shape index (κ2) is 4.11. The zero-order chi connectivity index (χ0) is 9.84. The van der Waals surface area contributed by atoms with E-state index in [9.17, 15) is 4.39 Å². The molecule has 0 aliphatic carbocycles. The highest BCUT2D eigenvalue weighted by atomic mass is 79.9. The van der Waals surface area contributed by atoms with Crippen LogP contribution in [0.1, 0.15) is 0 Å². The quantitative estimate of drug-likeness (QED) is 0.447. The average Bonchev–Trinajstić information content (AvgIpc) is 2.04. The fraction of sp³-hybridized carbons (Fsp3) is 0.143. The second-order valence-electron chi connectivity index (χ2n) is 2.13. The molecule has 6 heteroatoms. The maximum absolute atomic E-state index is 12.8. The molecule has 0 amide bonds. The molecular weight excluding hydrogens is 241 g/mol. The number of nitrogens with zero attached hydrogens (tertiary/aromatic N) is 3. The third-order valence-corrected chi connectivity index (χ3v) is 1.93. The van der Waals surface area contributed by atoms with Crippen LogP contribution in [0.15, 0.2) is 21.7 Å². The van der Waals surface area contributed by atoms with Gasteiger partial charge < -0.3 is 4.74 Å². The van der Waals surface area contributed by atoms with Crippen LogP contribution in [-0.4, -0.2) is 7.11 Å². The molecular formula is C7H5BrFN3O. The van der Waals surface area contributed by atoms with Crippen molar-refractivity contribution in [2.24, 2.45) is 5.11 Å². The van der Waals surface area contributed by atoms with E-state index in [1.807, 2.05) is 0 Å². The number of halogens is 2. The molecule has 0 heterocycles. The van der Waals surface area contributed by atoms with Crippen LogP contribution in [0, 0.1) is 5.82 Å². The van der Waals surface area contributed by atoms with Crippen molar-refractivity contribution in [3.05, 3.63) is 32.9 Å². The van der Waals surface area contributed by atoms with E-state index in [1.54, 1.807) is 0 Å². The molecule has 13 heavy (non-hydrogen) atoms. The smallest absolute Gasteiger partial charge is 0.142 e. The predicted molar refractivity (Wildman–Crippen MR) is 49.5 cm³/mol. The standard InChI is InChI=1S/C7H5BrFN3O/c1-13-7-5(8)2-4(9)3-6(7)11-12-10/h2-3H,1H3. The number of ether oxygens (including phenoxy) is 1. The van der Waals surface area contributed by atoms with Gasteiger partial charge in [0.05, 0.1) is 17.3 Å². The van der Waals surface area contributed by atoms with Crippen molar-refractivity contribution >= 4 is 21.6 Å². The Hall–Kier alpha value is -1.26. The number of benzene rings is 1. The number of methoxy groups -OCH3 is 1. The van der Waals surface area contributed by atoms with E-state index in [2.05, 4.69) is 26.0 Å². The molecule has 1 rings (SSSR count). The second-order valence-corrected chi connectivity index (χ2v) is 2.98.